The molecule has 25 heavy (non-hydrogen) atoms. The van der Waals surface area contributed by atoms with E-state index in [1.165, 1.54) is 0 Å². The average molecular weight is 325 g/mol. The molecule has 0 spiro atoms. The fourth-order valence-corrected chi connectivity index (χ4v) is 3.27. The molecule has 1 aliphatic rings. The largest absolute Gasteiger partial charge is 0.456 e. The Bertz CT molecular complexity index is 1130. The number of nitrogens with one attached hydrogen (secondary N) is 1. The summed E-state index contributed by atoms with van der Waals surface area (Å²) in [6.07, 6.45) is 1.59. The summed E-state index contributed by atoms with van der Waals surface area (Å²) in [6.45, 7) is 0. The molecule has 1 N–H and O–H groups in total. The minimum Gasteiger partial charge on any atom is -0.456 e. The molecule has 1 aliphatic heterocycles. The van der Waals surface area contributed by atoms with E-state index >= 15 is 0 Å². The number of rotatable bonds is 2. The van der Waals surface area contributed by atoms with Crippen LogP contribution >= 0.6 is 0 Å². The monoisotopic (exact) mass is 325 g/mol. The third kappa shape index (κ3) is 2.31. The number of furan rings is 1. The molecule has 3 aromatic carbocycles. The molecule has 0 fully saturated rings. The number of nitrogens with zero attached hydrogens (tertiary/aromatic N) is 2. The quantitative estimate of drug-likeness (QED) is 0.582. The first-order valence-electron chi connectivity index (χ1n) is 8.22. The predicted octanol–water partition coefficient (Wildman–Crippen LogP) is 4.66. The molecule has 4 nitrogen and oxygen atoms in total. The van der Waals surface area contributed by atoms with Crippen molar-refractivity contribution in [2.75, 3.05) is 0 Å². The molecule has 1 unspecified atom stereocenters. The number of fused-ring (bicyclic) bond motifs is 3. The van der Waals surface area contributed by atoms with Crippen LogP contribution in [0.1, 0.15) is 17.3 Å². The molecule has 0 saturated heterocycles. The highest BCUT2D eigenvalue weighted by atomic mass is 16.3. The third-order valence-corrected chi connectivity index (χ3v) is 4.43. The van der Waals surface area contributed by atoms with Gasteiger partial charge in [0.25, 0.3) is 0 Å². The van der Waals surface area contributed by atoms with Crippen molar-refractivity contribution in [3.8, 4) is 0 Å². The number of benzene rings is 3. The van der Waals surface area contributed by atoms with Crippen LogP contribution in [0.4, 0.5) is 0 Å². The molecule has 1 aromatic heterocycles. The average Bonchev–Trinajstić information content (AvgIpc) is 3.07. The lowest BCUT2D eigenvalue weighted by Crippen LogP contribution is -2.24. The van der Waals surface area contributed by atoms with Gasteiger partial charge in [0.05, 0.1) is 6.34 Å². The van der Waals surface area contributed by atoms with Crippen LogP contribution in [0.3, 0.4) is 0 Å². The second-order valence-electron chi connectivity index (χ2n) is 5.97. The van der Waals surface area contributed by atoms with Crippen molar-refractivity contribution in [2.45, 2.75) is 6.17 Å². The highest BCUT2D eigenvalue weighted by Crippen LogP contribution is 2.32. The van der Waals surface area contributed by atoms with Crippen LogP contribution in [0, 0.1) is 0 Å². The Labute approximate surface area is 144 Å². The van der Waals surface area contributed by atoms with Gasteiger partial charge in [-0.05, 0) is 17.7 Å². The first-order valence-corrected chi connectivity index (χ1v) is 8.22. The van der Waals surface area contributed by atoms with E-state index in [1.54, 1.807) is 6.34 Å². The zero-order chi connectivity index (χ0) is 16.6. The fraction of sp³-hybridized carbons (Fsp3) is 0.0476. The second-order valence-corrected chi connectivity index (χ2v) is 5.97. The van der Waals surface area contributed by atoms with E-state index in [0.717, 1.165) is 33.1 Å². The van der Waals surface area contributed by atoms with E-state index in [2.05, 4.69) is 28.5 Å². The zero-order valence-electron chi connectivity index (χ0n) is 13.4. The summed E-state index contributed by atoms with van der Waals surface area (Å²) in [5.41, 5.74) is 3.82. The Morgan fingerprint density at radius 2 is 1.60 bits per heavy atom. The molecule has 0 amide bonds. The molecule has 0 aliphatic carbocycles. The van der Waals surface area contributed by atoms with Crippen molar-refractivity contribution in [3.05, 3.63) is 83.9 Å². The van der Waals surface area contributed by atoms with Gasteiger partial charge in [-0.2, -0.15) is 0 Å². The van der Waals surface area contributed by atoms with Crippen LogP contribution < -0.4 is 5.32 Å². The van der Waals surface area contributed by atoms with E-state index in [0.29, 0.717) is 5.84 Å². The summed E-state index contributed by atoms with van der Waals surface area (Å²) < 4.78 is 5.97. The molecule has 5 rings (SSSR count). The van der Waals surface area contributed by atoms with E-state index in [4.69, 9.17) is 9.41 Å². The number of amidine groups is 1. The highest BCUT2D eigenvalue weighted by molar-refractivity contribution is 6.19. The molecule has 120 valence electrons. The van der Waals surface area contributed by atoms with E-state index < -0.39 is 0 Å². The molecular formula is C21H15N3O. The van der Waals surface area contributed by atoms with Crippen molar-refractivity contribution in [1.82, 2.24) is 5.32 Å². The summed E-state index contributed by atoms with van der Waals surface area (Å²) in [5.74, 6) is 0.713. The molecule has 0 radical (unpaired) electrons. The highest BCUT2D eigenvalue weighted by Gasteiger charge is 2.18. The van der Waals surface area contributed by atoms with Crippen LogP contribution in [-0.4, -0.2) is 12.2 Å². The summed E-state index contributed by atoms with van der Waals surface area (Å²) in [4.78, 5) is 9.31. The second kappa shape index (κ2) is 5.60. The lowest BCUT2D eigenvalue weighted by Gasteiger charge is -2.18. The summed E-state index contributed by atoms with van der Waals surface area (Å²) >= 11 is 0. The maximum Gasteiger partial charge on any atom is 0.159 e. The van der Waals surface area contributed by atoms with Gasteiger partial charge in [0.1, 0.15) is 17.3 Å². The van der Waals surface area contributed by atoms with Crippen molar-refractivity contribution in [2.24, 2.45) is 9.98 Å². The van der Waals surface area contributed by atoms with Gasteiger partial charge in [0, 0.05) is 16.3 Å². The fourth-order valence-electron chi connectivity index (χ4n) is 3.27. The van der Waals surface area contributed by atoms with Crippen LogP contribution in [0.25, 0.3) is 21.9 Å². The molecule has 2 heterocycles. The van der Waals surface area contributed by atoms with Crippen LogP contribution in [-0.2, 0) is 0 Å². The van der Waals surface area contributed by atoms with E-state index in [1.807, 2.05) is 54.6 Å². The van der Waals surface area contributed by atoms with Crippen LogP contribution in [0.5, 0.6) is 0 Å². The van der Waals surface area contributed by atoms with Crippen LogP contribution in [0.15, 0.2) is 87.2 Å². The minimum atomic E-state index is -0.137. The van der Waals surface area contributed by atoms with Gasteiger partial charge in [-0.15, -0.1) is 0 Å². The lowest BCUT2D eigenvalue weighted by atomic mass is 10.0. The Morgan fingerprint density at radius 3 is 2.52 bits per heavy atom. The van der Waals surface area contributed by atoms with E-state index in [-0.39, 0.29) is 6.17 Å². The van der Waals surface area contributed by atoms with Gasteiger partial charge in [-0.1, -0.05) is 60.7 Å². The Kier molecular flexibility index (Phi) is 3.13. The normalized spacial score (nSPS) is 16.8. The van der Waals surface area contributed by atoms with Crippen molar-refractivity contribution in [1.29, 1.82) is 0 Å². The molecule has 4 aromatic rings. The smallest absolute Gasteiger partial charge is 0.159 e. The number of para-hydroxylation sites is 1. The first kappa shape index (κ1) is 14.0. The number of aliphatic imine (C=N–C) groups is 2. The van der Waals surface area contributed by atoms with Gasteiger partial charge in [0.15, 0.2) is 5.84 Å². The van der Waals surface area contributed by atoms with Gasteiger partial charge in [0.2, 0.25) is 0 Å². The lowest BCUT2D eigenvalue weighted by molar-refractivity contribution is 0.668. The summed E-state index contributed by atoms with van der Waals surface area (Å²) in [7, 11) is 0. The zero-order valence-corrected chi connectivity index (χ0v) is 13.4. The van der Waals surface area contributed by atoms with Crippen LogP contribution in [0.2, 0.25) is 0 Å². The maximum absolute atomic E-state index is 5.97. The van der Waals surface area contributed by atoms with Gasteiger partial charge < -0.3 is 9.73 Å². The van der Waals surface area contributed by atoms with Gasteiger partial charge in [-0.25, -0.2) is 9.98 Å². The molecular weight excluding hydrogens is 310 g/mol. The van der Waals surface area contributed by atoms with Crippen molar-refractivity contribution >= 4 is 34.1 Å². The SMILES string of the molecule is C1=NC(c2cccc3oc4ccccc4c23)=NC(c2ccccc2)N1. The predicted molar refractivity (Wildman–Crippen MR) is 101 cm³/mol. The molecule has 0 saturated carbocycles. The minimum absolute atomic E-state index is 0.137. The van der Waals surface area contributed by atoms with Gasteiger partial charge >= 0.3 is 0 Å². The van der Waals surface area contributed by atoms with Crippen molar-refractivity contribution in [3.63, 3.8) is 0 Å². The van der Waals surface area contributed by atoms with E-state index in [9.17, 15) is 0 Å². The summed E-state index contributed by atoms with van der Waals surface area (Å²) in [5, 5.41) is 5.35. The first-order chi connectivity index (χ1) is 12.4. The third-order valence-electron chi connectivity index (χ3n) is 4.43. The maximum atomic E-state index is 5.97. The Balaban J connectivity index is 1.70. The number of hydrogen-bond donors (Lipinski definition) is 1. The number of hydrogen-bond acceptors (Lipinski definition) is 4. The van der Waals surface area contributed by atoms with Gasteiger partial charge in [-0.3, -0.25) is 0 Å². The summed E-state index contributed by atoms with van der Waals surface area (Å²) in [6, 6.07) is 24.2. The molecule has 4 heteroatoms. The topological polar surface area (TPSA) is 49.9 Å². The van der Waals surface area contributed by atoms with Crippen molar-refractivity contribution < 1.29 is 4.42 Å². The Morgan fingerprint density at radius 1 is 0.800 bits per heavy atom. The Hall–Kier alpha value is -3.40. The standard InChI is InChI=1S/C21H15N3O/c1-2-7-14(8-3-1)20-22-13-23-21(24-20)16-10-6-12-18-19(16)15-9-4-5-11-17(15)25-18/h1-13,20H,(H,22,23,24). The molecule has 1 atom stereocenters. The molecule has 0 bridgehead atoms.